The maximum absolute atomic E-state index is 5.99. The van der Waals surface area contributed by atoms with E-state index < -0.39 is 0 Å². The molecule has 1 aliphatic heterocycles. The highest BCUT2D eigenvalue weighted by Gasteiger charge is 2.48. The molecule has 0 N–H and O–H groups in total. The molecule has 1 aliphatic carbocycles. The molecular weight excluding hydrogens is 164 g/mol. The van der Waals surface area contributed by atoms with Gasteiger partial charge in [-0.3, -0.25) is 0 Å². The lowest BCUT2D eigenvalue weighted by Gasteiger charge is -2.37. The molecular formula is C11H20O2. The molecule has 0 radical (unpaired) electrons. The molecule has 2 aliphatic rings. The Morgan fingerprint density at radius 3 is 2.15 bits per heavy atom. The van der Waals surface area contributed by atoms with Crippen LogP contribution in [0.2, 0.25) is 0 Å². The Hall–Kier alpha value is -0.0800. The molecule has 2 heteroatoms. The van der Waals surface area contributed by atoms with E-state index in [1.807, 2.05) is 0 Å². The molecule has 0 aromatic carbocycles. The molecule has 1 spiro atoms. The minimum atomic E-state index is -0.225. The van der Waals surface area contributed by atoms with E-state index in [1.165, 1.54) is 19.3 Å². The van der Waals surface area contributed by atoms with E-state index in [2.05, 4.69) is 20.8 Å². The maximum atomic E-state index is 5.99. The topological polar surface area (TPSA) is 18.5 Å². The Kier molecular flexibility index (Phi) is 2.37. The van der Waals surface area contributed by atoms with Crippen LogP contribution in [-0.2, 0) is 9.47 Å². The highest BCUT2D eigenvalue weighted by Crippen LogP contribution is 2.43. The van der Waals surface area contributed by atoms with Crippen molar-refractivity contribution in [3.05, 3.63) is 0 Å². The highest BCUT2D eigenvalue weighted by molar-refractivity contribution is 4.88. The lowest BCUT2D eigenvalue weighted by molar-refractivity contribution is -0.221. The molecule has 76 valence electrons. The first-order valence-corrected chi connectivity index (χ1v) is 5.50. The van der Waals surface area contributed by atoms with Gasteiger partial charge in [0.1, 0.15) is 0 Å². The van der Waals surface area contributed by atoms with E-state index in [0.717, 1.165) is 6.42 Å². The van der Waals surface area contributed by atoms with E-state index in [9.17, 15) is 0 Å². The van der Waals surface area contributed by atoms with Gasteiger partial charge in [0.05, 0.1) is 12.2 Å². The van der Waals surface area contributed by atoms with Gasteiger partial charge in [0.2, 0.25) is 0 Å². The quantitative estimate of drug-likeness (QED) is 0.576. The Balaban J connectivity index is 2.11. The molecule has 1 saturated carbocycles. The molecule has 0 amide bonds. The SMILES string of the molecule is CC1CCCCC12O[C@H](C)[C@@H](C)O2. The molecule has 2 rings (SSSR count). The van der Waals surface area contributed by atoms with E-state index >= 15 is 0 Å². The van der Waals surface area contributed by atoms with Crippen LogP contribution >= 0.6 is 0 Å². The molecule has 1 unspecified atom stereocenters. The van der Waals surface area contributed by atoms with Crippen LogP contribution in [0.3, 0.4) is 0 Å². The van der Waals surface area contributed by atoms with Crippen LogP contribution in [0.1, 0.15) is 46.5 Å². The number of ether oxygens (including phenoxy) is 2. The van der Waals surface area contributed by atoms with Crippen LogP contribution in [0.25, 0.3) is 0 Å². The van der Waals surface area contributed by atoms with Gasteiger partial charge in [0, 0.05) is 12.3 Å². The van der Waals surface area contributed by atoms with Gasteiger partial charge in [-0.1, -0.05) is 13.3 Å². The van der Waals surface area contributed by atoms with Crippen LogP contribution in [0.4, 0.5) is 0 Å². The van der Waals surface area contributed by atoms with Crippen molar-refractivity contribution in [2.75, 3.05) is 0 Å². The molecule has 3 atom stereocenters. The third-order valence-electron chi connectivity index (χ3n) is 3.60. The van der Waals surface area contributed by atoms with Crippen molar-refractivity contribution in [2.24, 2.45) is 5.92 Å². The number of hydrogen-bond acceptors (Lipinski definition) is 2. The molecule has 0 aromatic heterocycles. The second-order valence-electron chi connectivity index (χ2n) is 4.60. The first-order valence-electron chi connectivity index (χ1n) is 5.50. The van der Waals surface area contributed by atoms with Crippen molar-refractivity contribution in [1.29, 1.82) is 0 Å². The van der Waals surface area contributed by atoms with Crippen LogP contribution in [0.5, 0.6) is 0 Å². The van der Waals surface area contributed by atoms with Gasteiger partial charge in [0.25, 0.3) is 0 Å². The largest absolute Gasteiger partial charge is 0.344 e. The summed E-state index contributed by atoms with van der Waals surface area (Å²) in [7, 11) is 0. The van der Waals surface area contributed by atoms with Gasteiger partial charge >= 0.3 is 0 Å². The van der Waals surface area contributed by atoms with Gasteiger partial charge < -0.3 is 9.47 Å². The molecule has 0 bridgehead atoms. The monoisotopic (exact) mass is 184 g/mol. The summed E-state index contributed by atoms with van der Waals surface area (Å²) in [6, 6.07) is 0. The van der Waals surface area contributed by atoms with Crippen LogP contribution in [0.15, 0.2) is 0 Å². The summed E-state index contributed by atoms with van der Waals surface area (Å²) >= 11 is 0. The van der Waals surface area contributed by atoms with E-state index in [0.29, 0.717) is 5.92 Å². The third-order valence-corrected chi connectivity index (χ3v) is 3.60. The van der Waals surface area contributed by atoms with Gasteiger partial charge in [-0.15, -0.1) is 0 Å². The molecule has 2 nitrogen and oxygen atoms in total. The van der Waals surface area contributed by atoms with Crippen LogP contribution < -0.4 is 0 Å². The van der Waals surface area contributed by atoms with Crippen LogP contribution in [0, 0.1) is 5.92 Å². The summed E-state index contributed by atoms with van der Waals surface area (Å²) in [5.74, 6) is 0.338. The average Bonchev–Trinajstić information content (AvgIpc) is 2.36. The minimum Gasteiger partial charge on any atom is -0.344 e. The molecule has 13 heavy (non-hydrogen) atoms. The average molecular weight is 184 g/mol. The summed E-state index contributed by atoms with van der Waals surface area (Å²) in [5.41, 5.74) is 0. The maximum Gasteiger partial charge on any atom is 0.171 e. The van der Waals surface area contributed by atoms with Gasteiger partial charge in [-0.05, 0) is 26.7 Å². The fourth-order valence-corrected chi connectivity index (χ4v) is 2.49. The van der Waals surface area contributed by atoms with Crippen molar-refractivity contribution in [3.63, 3.8) is 0 Å². The Bertz CT molecular complexity index is 181. The predicted molar refractivity (Wildman–Crippen MR) is 51.5 cm³/mol. The zero-order valence-electron chi connectivity index (χ0n) is 8.88. The van der Waals surface area contributed by atoms with E-state index in [4.69, 9.17) is 9.47 Å². The summed E-state index contributed by atoms with van der Waals surface area (Å²) < 4.78 is 12.0. The van der Waals surface area contributed by atoms with Crippen molar-refractivity contribution in [2.45, 2.75) is 64.4 Å². The number of hydrogen-bond donors (Lipinski definition) is 0. The Labute approximate surface area is 80.6 Å². The van der Waals surface area contributed by atoms with Gasteiger partial charge in [0.15, 0.2) is 5.79 Å². The Morgan fingerprint density at radius 1 is 1.00 bits per heavy atom. The highest BCUT2D eigenvalue weighted by atomic mass is 16.8. The van der Waals surface area contributed by atoms with Crippen molar-refractivity contribution >= 4 is 0 Å². The Morgan fingerprint density at radius 2 is 1.62 bits per heavy atom. The molecule has 2 fully saturated rings. The van der Waals surface area contributed by atoms with E-state index in [1.54, 1.807) is 0 Å². The first-order chi connectivity index (χ1) is 6.14. The molecule has 0 aromatic rings. The molecule has 1 heterocycles. The van der Waals surface area contributed by atoms with Crippen molar-refractivity contribution < 1.29 is 9.47 Å². The van der Waals surface area contributed by atoms with E-state index in [-0.39, 0.29) is 18.0 Å². The van der Waals surface area contributed by atoms with Gasteiger partial charge in [-0.25, -0.2) is 0 Å². The summed E-state index contributed by atoms with van der Waals surface area (Å²) in [6.07, 6.45) is 5.45. The fraction of sp³-hybridized carbons (Fsp3) is 1.00. The second kappa shape index (κ2) is 3.25. The standard InChI is InChI=1S/C11H20O2/c1-8-6-4-5-7-11(8)12-9(2)10(3)13-11/h8-10H,4-7H2,1-3H3/t8?,9-,10-/m1/s1. The van der Waals surface area contributed by atoms with Crippen molar-refractivity contribution in [1.82, 2.24) is 0 Å². The minimum absolute atomic E-state index is 0.225. The summed E-state index contributed by atoms with van der Waals surface area (Å²) in [6.45, 7) is 6.48. The fourth-order valence-electron chi connectivity index (χ4n) is 2.49. The summed E-state index contributed by atoms with van der Waals surface area (Å²) in [4.78, 5) is 0. The lowest BCUT2D eigenvalue weighted by atomic mass is 9.84. The summed E-state index contributed by atoms with van der Waals surface area (Å²) in [5, 5.41) is 0. The smallest absolute Gasteiger partial charge is 0.171 e. The zero-order chi connectivity index (χ0) is 9.47. The van der Waals surface area contributed by atoms with Gasteiger partial charge in [-0.2, -0.15) is 0 Å². The van der Waals surface area contributed by atoms with Crippen molar-refractivity contribution in [3.8, 4) is 0 Å². The lowest BCUT2D eigenvalue weighted by Crippen LogP contribution is -2.40. The normalized spacial score (nSPS) is 44.1. The third kappa shape index (κ3) is 1.50. The second-order valence-corrected chi connectivity index (χ2v) is 4.60. The number of rotatable bonds is 0. The first kappa shape index (κ1) is 9.47. The van der Waals surface area contributed by atoms with Crippen LogP contribution in [-0.4, -0.2) is 18.0 Å². The zero-order valence-corrected chi connectivity index (χ0v) is 8.88. The molecule has 1 saturated heterocycles. The predicted octanol–water partition coefficient (Wildman–Crippen LogP) is 2.72.